The molecule has 2 N–H and O–H groups in total. The minimum Gasteiger partial charge on any atom is -0.352 e. The normalized spacial score (nSPS) is 19.2. The zero-order valence-electron chi connectivity index (χ0n) is 15.5. The molecule has 3 rings (SSSR count). The molecular formula is C20H30N4O2. The summed E-state index contributed by atoms with van der Waals surface area (Å²) in [7, 11) is 0. The summed E-state index contributed by atoms with van der Waals surface area (Å²) in [5.74, 6) is 0.446. The standard InChI is InChI=1S/C20H30N4O2/c25-19(22-15-17-5-4-10-21-14-17)13-16-8-11-24(12-9-16)20(26)23-18-6-2-1-3-7-18/h4-5,10,14,16,18H,1-3,6-9,11-13,15H2,(H,22,25)(H,23,26). The summed E-state index contributed by atoms with van der Waals surface area (Å²) >= 11 is 0. The molecule has 0 spiro atoms. The first kappa shape index (κ1) is 18.7. The summed E-state index contributed by atoms with van der Waals surface area (Å²) in [5, 5.41) is 6.15. The maximum Gasteiger partial charge on any atom is 0.317 e. The highest BCUT2D eigenvalue weighted by Gasteiger charge is 2.26. The molecule has 1 aliphatic heterocycles. The minimum absolute atomic E-state index is 0.0800. The van der Waals surface area contributed by atoms with Crippen LogP contribution >= 0.6 is 0 Å². The van der Waals surface area contributed by atoms with Crippen LogP contribution in [0, 0.1) is 5.92 Å². The molecule has 6 nitrogen and oxygen atoms in total. The van der Waals surface area contributed by atoms with Crippen molar-refractivity contribution in [3.63, 3.8) is 0 Å². The third-order valence-electron chi connectivity index (χ3n) is 5.52. The lowest BCUT2D eigenvalue weighted by Gasteiger charge is -2.33. The molecule has 2 fully saturated rings. The molecule has 3 amide bonds. The average Bonchev–Trinajstić information content (AvgIpc) is 2.68. The van der Waals surface area contributed by atoms with Crippen molar-refractivity contribution in [2.45, 2.75) is 64.0 Å². The number of pyridine rings is 1. The van der Waals surface area contributed by atoms with E-state index in [1.165, 1.54) is 19.3 Å². The SMILES string of the molecule is O=C(CC1CCN(C(=O)NC2CCCCC2)CC1)NCc1cccnc1. The molecule has 1 aromatic rings. The number of carbonyl (C=O) groups excluding carboxylic acids is 2. The van der Waals surface area contributed by atoms with Gasteiger partial charge in [0.1, 0.15) is 0 Å². The van der Waals surface area contributed by atoms with Crippen LogP contribution in [0.4, 0.5) is 4.79 Å². The summed E-state index contributed by atoms with van der Waals surface area (Å²) in [6, 6.07) is 4.26. The van der Waals surface area contributed by atoms with Crippen LogP contribution < -0.4 is 10.6 Å². The van der Waals surface area contributed by atoms with Crippen molar-refractivity contribution in [1.29, 1.82) is 0 Å². The van der Waals surface area contributed by atoms with E-state index >= 15 is 0 Å². The molecule has 2 heterocycles. The molecule has 1 aromatic heterocycles. The number of amides is 3. The first-order valence-electron chi connectivity index (χ1n) is 9.92. The van der Waals surface area contributed by atoms with Crippen LogP contribution in [0.3, 0.4) is 0 Å². The molecule has 6 heteroatoms. The van der Waals surface area contributed by atoms with E-state index in [1.54, 1.807) is 12.4 Å². The van der Waals surface area contributed by atoms with Crippen LogP contribution in [0.5, 0.6) is 0 Å². The van der Waals surface area contributed by atoms with E-state index in [0.717, 1.165) is 44.3 Å². The fourth-order valence-electron chi connectivity index (χ4n) is 3.89. The number of piperidine rings is 1. The van der Waals surface area contributed by atoms with Crippen molar-refractivity contribution in [3.05, 3.63) is 30.1 Å². The van der Waals surface area contributed by atoms with Crippen LogP contribution in [0.2, 0.25) is 0 Å². The first-order valence-corrected chi connectivity index (χ1v) is 9.92. The molecule has 2 aliphatic rings. The Balaban J connectivity index is 1.34. The van der Waals surface area contributed by atoms with Crippen molar-refractivity contribution in [3.8, 4) is 0 Å². The molecule has 1 aliphatic carbocycles. The summed E-state index contributed by atoms with van der Waals surface area (Å²) in [6.07, 6.45) is 11.8. The number of nitrogens with one attached hydrogen (secondary N) is 2. The number of hydrogen-bond donors (Lipinski definition) is 2. The number of hydrogen-bond acceptors (Lipinski definition) is 3. The van der Waals surface area contributed by atoms with Crippen molar-refractivity contribution < 1.29 is 9.59 Å². The number of likely N-dealkylation sites (tertiary alicyclic amines) is 1. The maximum absolute atomic E-state index is 12.4. The van der Waals surface area contributed by atoms with Gasteiger partial charge in [0.05, 0.1) is 0 Å². The van der Waals surface area contributed by atoms with Crippen molar-refractivity contribution in [2.24, 2.45) is 5.92 Å². The van der Waals surface area contributed by atoms with Gasteiger partial charge in [0, 0.05) is 44.5 Å². The quantitative estimate of drug-likeness (QED) is 0.850. The second kappa shape index (κ2) is 9.55. The van der Waals surface area contributed by atoms with Gasteiger partial charge in [-0.05, 0) is 43.2 Å². The fraction of sp³-hybridized carbons (Fsp3) is 0.650. The molecule has 0 aromatic carbocycles. The Kier molecular flexibility index (Phi) is 6.86. The van der Waals surface area contributed by atoms with Gasteiger partial charge < -0.3 is 15.5 Å². The molecule has 142 valence electrons. The van der Waals surface area contributed by atoms with E-state index in [1.807, 2.05) is 17.0 Å². The molecular weight excluding hydrogens is 328 g/mol. The Hall–Kier alpha value is -2.11. The highest BCUT2D eigenvalue weighted by atomic mass is 16.2. The number of carbonyl (C=O) groups is 2. The van der Waals surface area contributed by atoms with E-state index in [0.29, 0.717) is 24.9 Å². The third kappa shape index (κ3) is 5.71. The Morgan fingerprint density at radius 3 is 2.58 bits per heavy atom. The molecule has 0 unspecified atom stereocenters. The maximum atomic E-state index is 12.4. The van der Waals surface area contributed by atoms with Gasteiger partial charge in [-0.25, -0.2) is 4.79 Å². The summed E-state index contributed by atoms with van der Waals surface area (Å²) < 4.78 is 0. The molecule has 0 atom stereocenters. The van der Waals surface area contributed by atoms with Crippen LogP contribution in [-0.4, -0.2) is 41.0 Å². The lowest BCUT2D eigenvalue weighted by molar-refractivity contribution is -0.122. The summed E-state index contributed by atoms with van der Waals surface area (Å²) in [6.45, 7) is 2.02. The van der Waals surface area contributed by atoms with Crippen molar-refractivity contribution in [2.75, 3.05) is 13.1 Å². The molecule has 26 heavy (non-hydrogen) atoms. The molecule has 1 saturated carbocycles. The van der Waals surface area contributed by atoms with Gasteiger partial charge in [-0.15, -0.1) is 0 Å². The van der Waals surface area contributed by atoms with Crippen LogP contribution in [0.15, 0.2) is 24.5 Å². The van der Waals surface area contributed by atoms with Gasteiger partial charge in [0.2, 0.25) is 5.91 Å². The molecule has 1 saturated heterocycles. The van der Waals surface area contributed by atoms with Gasteiger partial charge in [-0.2, -0.15) is 0 Å². The Morgan fingerprint density at radius 2 is 1.88 bits per heavy atom. The molecule has 0 radical (unpaired) electrons. The highest BCUT2D eigenvalue weighted by Crippen LogP contribution is 2.22. The van der Waals surface area contributed by atoms with E-state index < -0.39 is 0 Å². The predicted molar refractivity (Wildman–Crippen MR) is 100 cm³/mol. The van der Waals surface area contributed by atoms with Crippen molar-refractivity contribution >= 4 is 11.9 Å². The van der Waals surface area contributed by atoms with Crippen LogP contribution in [-0.2, 0) is 11.3 Å². The Morgan fingerprint density at radius 1 is 1.12 bits per heavy atom. The lowest BCUT2D eigenvalue weighted by Crippen LogP contribution is -2.48. The monoisotopic (exact) mass is 358 g/mol. The van der Waals surface area contributed by atoms with Gasteiger partial charge in [-0.3, -0.25) is 9.78 Å². The zero-order valence-corrected chi connectivity index (χ0v) is 15.5. The van der Waals surface area contributed by atoms with E-state index in [9.17, 15) is 9.59 Å². The average molecular weight is 358 g/mol. The van der Waals surface area contributed by atoms with Gasteiger partial charge in [0.15, 0.2) is 0 Å². The predicted octanol–water partition coefficient (Wildman–Crippen LogP) is 2.84. The smallest absolute Gasteiger partial charge is 0.317 e. The topological polar surface area (TPSA) is 74.3 Å². The molecule has 0 bridgehead atoms. The van der Waals surface area contributed by atoms with Crippen molar-refractivity contribution in [1.82, 2.24) is 20.5 Å². The summed E-state index contributed by atoms with van der Waals surface area (Å²) in [5.41, 5.74) is 1.01. The highest BCUT2D eigenvalue weighted by molar-refractivity contribution is 5.76. The lowest BCUT2D eigenvalue weighted by atomic mass is 9.93. The third-order valence-corrected chi connectivity index (χ3v) is 5.52. The van der Waals surface area contributed by atoms with Gasteiger partial charge >= 0.3 is 6.03 Å². The second-order valence-corrected chi connectivity index (χ2v) is 7.56. The Labute approximate surface area is 155 Å². The first-order chi connectivity index (χ1) is 12.7. The number of rotatable bonds is 5. The van der Waals surface area contributed by atoms with Crippen LogP contribution in [0.25, 0.3) is 0 Å². The zero-order chi connectivity index (χ0) is 18.2. The largest absolute Gasteiger partial charge is 0.352 e. The van der Waals surface area contributed by atoms with Crippen LogP contribution in [0.1, 0.15) is 56.9 Å². The second-order valence-electron chi connectivity index (χ2n) is 7.56. The van der Waals surface area contributed by atoms with Gasteiger partial charge in [-0.1, -0.05) is 25.3 Å². The van der Waals surface area contributed by atoms with Gasteiger partial charge in [0.25, 0.3) is 0 Å². The minimum atomic E-state index is 0.0800. The number of aromatic nitrogens is 1. The number of nitrogens with zero attached hydrogens (tertiary/aromatic N) is 2. The van der Waals surface area contributed by atoms with E-state index in [2.05, 4.69) is 15.6 Å². The Bertz CT molecular complexity index is 579. The number of urea groups is 1. The van der Waals surface area contributed by atoms with E-state index in [-0.39, 0.29) is 11.9 Å². The fourth-order valence-corrected chi connectivity index (χ4v) is 3.89. The van der Waals surface area contributed by atoms with E-state index in [4.69, 9.17) is 0 Å². The summed E-state index contributed by atoms with van der Waals surface area (Å²) in [4.78, 5) is 30.5.